The van der Waals surface area contributed by atoms with Crippen LogP contribution in [0.2, 0.25) is 0 Å². The van der Waals surface area contributed by atoms with E-state index in [1.54, 1.807) is 11.3 Å². The van der Waals surface area contributed by atoms with E-state index in [1.807, 2.05) is 57.5 Å². The zero-order valence-electron chi connectivity index (χ0n) is 24.7. The number of nitrogens with zero attached hydrogens (tertiary/aromatic N) is 5. The highest BCUT2D eigenvalue weighted by atomic mass is 32.1. The Morgan fingerprint density at radius 2 is 1.98 bits per heavy atom. The van der Waals surface area contributed by atoms with Crippen LogP contribution in [0.25, 0.3) is 20.9 Å². The molecule has 0 bridgehead atoms. The number of rotatable bonds is 14. The molecule has 3 atom stereocenters. The first-order chi connectivity index (χ1) is 20.0. The summed E-state index contributed by atoms with van der Waals surface area (Å²) < 4.78 is 5.46. The Bertz CT molecular complexity index is 1250. The molecule has 0 saturated carbocycles. The molecule has 3 amide bonds. The fourth-order valence-corrected chi connectivity index (χ4v) is 5.57. The third kappa shape index (κ3) is 9.52. The average Bonchev–Trinajstić information content (AvgIpc) is 3.56. The summed E-state index contributed by atoms with van der Waals surface area (Å²) in [5.74, 6) is -1.21. The van der Waals surface area contributed by atoms with Gasteiger partial charge in [0.15, 0.2) is 0 Å². The Morgan fingerprint density at radius 3 is 2.62 bits per heavy atom. The van der Waals surface area contributed by atoms with E-state index in [2.05, 4.69) is 25.6 Å². The number of nitrogens with one attached hydrogen (secondary N) is 2. The fraction of sp³-hybridized carbons (Fsp3) is 0.586. The lowest BCUT2D eigenvalue weighted by Crippen LogP contribution is -2.58. The van der Waals surface area contributed by atoms with Crippen LogP contribution in [0.15, 0.2) is 34.9 Å². The first-order valence-electron chi connectivity index (χ1n) is 14.1. The van der Waals surface area contributed by atoms with Gasteiger partial charge in [-0.1, -0.05) is 56.6 Å². The predicted octanol–water partition coefficient (Wildman–Crippen LogP) is 3.72. The van der Waals surface area contributed by atoms with Gasteiger partial charge in [-0.25, -0.2) is 4.98 Å². The molecular formula is C29H41N7O5S. The summed E-state index contributed by atoms with van der Waals surface area (Å²) in [6, 6.07) is 6.10. The van der Waals surface area contributed by atoms with E-state index in [9.17, 15) is 19.5 Å². The van der Waals surface area contributed by atoms with Gasteiger partial charge in [-0.3, -0.25) is 14.4 Å². The van der Waals surface area contributed by atoms with E-state index in [-0.39, 0.29) is 32.0 Å². The number of azide groups is 1. The molecule has 2 heterocycles. The Labute approximate surface area is 250 Å². The number of ether oxygens (including phenoxy) is 1. The lowest BCUT2D eigenvalue weighted by Gasteiger charge is -2.35. The van der Waals surface area contributed by atoms with E-state index >= 15 is 0 Å². The van der Waals surface area contributed by atoms with Gasteiger partial charge in [0.2, 0.25) is 17.7 Å². The predicted molar refractivity (Wildman–Crippen MR) is 160 cm³/mol. The van der Waals surface area contributed by atoms with Crippen molar-refractivity contribution in [2.75, 3.05) is 26.3 Å². The molecule has 1 aliphatic rings. The summed E-state index contributed by atoms with van der Waals surface area (Å²) in [6.07, 6.45) is 1.55. The van der Waals surface area contributed by atoms with Gasteiger partial charge in [-0.05, 0) is 41.8 Å². The number of β-amino-alcohol motifs (C(OH)–C–C–N with tert-alkyl or cyclic N) is 1. The number of aliphatic hydroxyl groups excluding tert-OH is 1. The largest absolute Gasteiger partial charge is 0.391 e. The number of unbranched alkanes of at least 4 members (excludes halogenated alkanes) is 2. The summed E-state index contributed by atoms with van der Waals surface area (Å²) in [4.78, 5) is 49.0. The molecule has 0 aliphatic carbocycles. The number of thiazole rings is 1. The van der Waals surface area contributed by atoms with Crippen LogP contribution in [-0.2, 0) is 25.7 Å². The molecule has 1 aliphatic heterocycles. The molecule has 12 nitrogen and oxygen atoms in total. The molecule has 13 heteroatoms. The lowest BCUT2D eigenvalue weighted by molar-refractivity contribution is -0.144. The van der Waals surface area contributed by atoms with E-state index in [0.29, 0.717) is 19.6 Å². The number of aromatic nitrogens is 1. The number of hydrogen-bond acceptors (Lipinski definition) is 8. The van der Waals surface area contributed by atoms with E-state index in [4.69, 9.17) is 10.3 Å². The van der Waals surface area contributed by atoms with Crippen LogP contribution in [0.5, 0.6) is 0 Å². The smallest absolute Gasteiger partial charge is 0.246 e. The number of likely N-dealkylation sites (tertiary alicyclic amines) is 1. The molecule has 228 valence electrons. The van der Waals surface area contributed by atoms with Crippen LogP contribution < -0.4 is 10.6 Å². The fourth-order valence-electron chi connectivity index (χ4n) is 4.76. The minimum absolute atomic E-state index is 0.00855. The number of carbonyl (C=O) groups is 3. The highest BCUT2D eigenvalue weighted by Gasteiger charge is 2.44. The lowest BCUT2D eigenvalue weighted by atomic mass is 9.85. The van der Waals surface area contributed by atoms with E-state index < -0.39 is 35.4 Å². The summed E-state index contributed by atoms with van der Waals surface area (Å²) in [7, 11) is 0. The second kappa shape index (κ2) is 15.6. The Hall–Kier alpha value is -3.51. The number of carbonyl (C=O) groups excluding carboxylic acids is 3. The van der Waals surface area contributed by atoms with Gasteiger partial charge >= 0.3 is 0 Å². The highest BCUT2D eigenvalue weighted by Crippen LogP contribution is 2.28. The van der Waals surface area contributed by atoms with Crippen LogP contribution in [0.1, 0.15) is 57.7 Å². The van der Waals surface area contributed by atoms with Gasteiger partial charge in [0.05, 0.1) is 22.2 Å². The van der Waals surface area contributed by atoms with Gasteiger partial charge in [-0.15, -0.1) is 11.3 Å². The topological polar surface area (TPSA) is 170 Å². The molecule has 1 aromatic carbocycles. The highest BCUT2D eigenvalue weighted by molar-refractivity contribution is 7.13. The number of aryl methyl sites for hydroxylation is 1. The van der Waals surface area contributed by atoms with E-state index in [1.165, 1.54) is 4.90 Å². The Balaban J connectivity index is 1.55. The zero-order chi connectivity index (χ0) is 30.7. The molecule has 42 heavy (non-hydrogen) atoms. The summed E-state index contributed by atoms with van der Waals surface area (Å²) in [5.41, 5.74) is 12.4. The summed E-state index contributed by atoms with van der Waals surface area (Å²) >= 11 is 1.58. The third-order valence-corrected chi connectivity index (χ3v) is 8.03. The van der Waals surface area contributed by atoms with Crippen LogP contribution in [-0.4, -0.2) is 77.2 Å². The van der Waals surface area contributed by atoms with Crippen molar-refractivity contribution in [1.29, 1.82) is 0 Å². The maximum Gasteiger partial charge on any atom is 0.246 e. The van der Waals surface area contributed by atoms with Gasteiger partial charge in [0, 0.05) is 37.6 Å². The minimum Gasteiger partial charge on any atom is -0.391 e. The van der Waals surface area contributed by atoms with Crippen molar-refractivity contribution >= 4 is 29.1 Å². The van der Waals surface area contributed by atoms with Crippen LogP contribution >= 0.6 is 11.3 Å². The zero-order valence-corrected chi connectivity index (χ0v) is 25.5. The second-order valence-electron chi connectivity index (χ2n) is 11.5. The Kier molecular flexibility index (Phi) is 12.3. The van der Waals surface area contributed by atoms with Crippen molar-refractivity contribution in [2.45, 2.75) is 78.1 Å². The molecule has 0 spiro atoms. The first-order valence-corrected chi connectivity index (χ1v) is 15.0. The molecular weight excluding hydrogens is 558 g/mol. The number of aliphatic hydroxyl groups is 1. The first kappa shape index (κ1) is 33.0. The monoisotopic (exact) mass is 599 g/mol. The quantitative estimate of drug-likeness (QED) is 0.129. The standard InChI is InChI=1S/C29H41N7O5S/c1-19-25(42-18-32-19)21-10-8-20(9-11-21)15-31-27(39)23-14-22(37)16-36(23)28(40)26(29(2,3)4)34-24(38)17-41-13-7-5-6-12-33-35-30/h8-11,18,22-23,26,37H,5-7,12-17H2,1-4H3,(H,31,39)(H,34,38)/t22-,23+,26-/m1/s1. The van der Waals surface area contributed by atoms with Crippen molar-refractivity contribution in [1.82, 2.24) is 20.5 Å². The average molecular weight is 600 g/mol. The molecule has 0 radical (unpaired) electrons. The van der Waals surface area contributed by atoms with Gasteiger partial charge in [-0.2, -0.15) is 0 Å². The number of hydrogen-bond donors (Lipinski definition) is 3. The normalized spacial score (nSPS) is 17.4. The van der Waals surface area contributed by atoms with Gasteiger partial charge in [0.1, 0.15) is 18.7 Å². The molecule has 1 saturated heterocycles. The van der Waals surface area contributed by atoms with Crippen LogP contribution in [0.3, 0.4) is 0 Å². The van der Waals surface area contributed by atoms with Gasteiger partial charge < -0.3 is 25.4 Å². The van der Waals surface area contributed by atoms with Gasteiger partial charge in [0.25, 0.3) is 0 Å². The maximum absolute atomic E-state index is 13.7. The van der Waals surface area contributed by atoms with Crippen molar-refractivity contribution in [3.63, 3.8) is 0 Å². The maximum atomic E-state index is 13.7. The van der Waals surface area contributed by atoms with Crippen LogP contribution in [0, 0.1) is 12.3 Å². The molecule has 3 rings (SSSR count). The molecule has 1 aromatic heterocycles. The van der Waals surface area contributed by atoms with Crippen molar-refractivity contribution in [3.8, 4) is 10.4 Å². The van der Waals surface area contributed by atoms with Crippen molar-refractivity contribution in [2.24, 2.45) is 10.5 Å². The molecule has 2 aromatic rings. The third-order valence-electron chi connectivity index (χ3n) is 7.05. The second-order valence-corrected chi connectivity index (χ2v) is 12.4. The van der Waals surface area contributed by atoms with Crippen molar-refractivity contribution in [3.05, 3.63) is 51.5 Å². The Morgan fingerprint density at radius 1 is 1.24 bits per heavy atom. The summed E-state index contributed by atoms with van der Waals surface area (Å²) in [6.45, 7) is 8.34. The SMILES string of the molecule is Cc1ncsc1-c1ccc(CNC(=O)[C@@H]2C[C@@H](O)CN2C(=O)[C@@H](NC(=O)COCCCCCN=[N+]=[N-])C(C)(C)C)cc1. The number of benzene rings is 1. The molecule has 3 N–H and O–H groups in total. The van der Waals surface area contributed by atoms with E-state index in [0.717, 1.165) is 34.5 Å². The van der Waals surface area contributed by atoms with Crippen LogP contribution in [0.4, 0.5) is 0 Å². The number of amides is 3. The molecule has 0 unspecified atom stereocenters. The van der Waals surface area contributed by atoms with Crippen molar-refractivity contribution < 1.29 is 24.2 Å². The summed E-state index contributed by atoms with van der Waals surface area (Å²) in [5, 5.41) is 19.5. The minimum atomic E-state index is -0.916. The molecule has 1 fully saturated rings.